The van der Waals surface area contributed by atoms with Crippen LogP contribution in [-0.4, -0.2) is 4.98 Å². The minimum Gasteiger partial charge on any atom is -0.337 e. The van der Waals surface area contributed by atoms with Gasteiger partial charge >= 0.3 is 0 Å². The van der Waals surface area contributed by atoms with Crippen LogP contribution < -0.4 is 5.32 Å². The molecule has 0 fully saturated rings. The van der Waals surface area contributed by atoms with E-state index in [0.717, 1.165) is 10.0 Å². The van der Waals surface area contributed by atoms with Crippen molar-refractivity contribution < 1.29 is 4.39 Å². The summed E-state index contributed by atoms with van der Waals surface area (Å²) < 4.78 is 15.0. The molecule has 1 aromatic heterocycles. The van der Waals surface area contributed by atoms with Gasteiger partial charge in [-0.25, -0.2) is 9.37 Å². The SMILES string of the molecule is Cc1cc(Br)c(Nc2ncc(Br)cc2F)cc1Cl. The molecule has 0 radical (unpaired) electrons. The Kier molecular flexibility index (Phi) is 4.25. The van der Waals surface area contributed by atoms with Gasteiger partial charge in [-0.15, -0.1) is 0 Å². The fourth-order valence-corrected chi connectivity index (χ4v) is 2.40. The van der Waals surface area contributed by atoms with Crippen LogP contribution >= 0.6 is 43.5 Å². The van der Waals surface area contributed by atoms with Crippen molar-refractivity contribution in [3.8, 4) is 0 Å². The molecule has 0 amide bonds. The molecule has 2 aromatic rings. The van der Waals surface area contributed by atoms with E-state index in [1.807, 2.05) is 13.0 Å². The van der Waals surface area contributed by atoms with Gasteiger partial charge < -0.3 is 5.32 Å². The quantitative estimate of drug-likeness (QED) is 0.733. The summed E-state index contributed by atoms with van der Waals surface area (Å²) in [6.45, 7) is 1.90. The molecule has 0 unspecified atom stereocenters. The van der Waals surface area contributed by atoms with Gasteiger partial charge in [0.15, 0.2) is 11.6 Å². The third-order valence-corrected chi connectivity index (χ3v) is 3.81. The lowest BCUT2D eigenvalue weighted by atomic mass is 10.2. The van der Waals surface area contributed by atoms with Gasteiger partial charge in [0.05, 0.1) is 5.69 Å². The molecule has 0 atom stereocenters. The fourth-order valence-electron chi connectivity index (χ4n) is 1.38. The Balaban J connectivity index is 2.37. The zero-order valence-electron chi connectivity index (χ0n) is 9.27. The highest BCUT2D eigenvalue weighted by Crippen LogP contribution is 2.31. The second-order valence-corrected chi connectivity index (χ2v) is 5.87. The number of hydrogen-bond acceptors (Lipinski definition) is 2. The molecule has 0 saturated heterocycles. The summed E-state index contributed by atoms with van der Waals surface area (Å²) in [6, 6.07) is 4.94. The van der Waals surface area contributed by atoms with Crippen molar-refractivity contribution in [1.82, 2.24) is 4.98 Å². The molecule has 6 heteroatoms. The molecule has 0 bridgehead atoms. The van der Waals surface area contributed by atoms with E-state index in [2.05, 4.69) is 42.2 Å². The molecule has 0 saturated carbocycles. The van der Waals surface area contributed by atoms with Gasteiger partial charge in [-0.3, -0.25) is 0 Å². The number of nitrogens with one attached hydrogen (secondary N) is 1. The van der Waals surface area contributed by atoms with Gasteiger partial charge in [0.2, 0.25) is 0 Å². The number of nitrogens with zero attached hydrogens (tertiary/aromatic N) is 1. The first-order valence-electron chi connectivity index (χ1n) is 5.01. The molecule has 0 spiro atoms. The largest absolute Gasteiger partial charge is 0.337 e. The topological polar surface area (TPSA) is 24.9 Å². The first-order valence-corrected chi connectivity index (χ1v) is 6.97. The minimum atomic E-state index is -0.437. The standard InChI is InChI=1S/C12H8Br2ClFN2/c1-6-2-8(14)11(4-9(6)15)18-12-10(16)3-7(13)5-17-12/h2-5H,1H3,(H,17,18). The van der Waals surface area contributed by atoms with Gasteiger partial charge in [0, 0.05) is 20.2 Å². The van der Waals surface area contributed by atoms with Gasteiger partial charge in [-0.2, -0.15) is 0 Å². The highest BCUT2D eigenvalue weighted by molar-refractivity contribution is 9.10. The maximum atomic E-state index is 13.6. The minimum absolute atomic E-state index is 0.152. The number of benzene rings is 1. The maximum absolute atomic E-state index is 13.6. The Morgan fingerprint density at radius 2 is 2.00 bits per heavy atom. The highest BCUT2D eigenvalue weighted by atomic mass is 79.9. The molecule has 1 N–H and O–H groups in total. The second-order valence-electron chi connectivity index (χ2n) is 3.69. The second kappa shape index (κ2) is 5.55. The lowest BCUT2D eigenvalue weighted by Crippen LogP contribution is -1.98. The Morgan fingerprint density at radius 3 is 2.67 bits per heavy atom. The van der Waals surface area contributed by atoms with Crippen molar-refractivity contribution in [2.24, 2.45) is 0 Å². The maximum Gasteiger partial charge on any atom is 0.166 e. The molecule has 94 valence electrons. The molecule has 0 aliphatic rings. The summed E-state index contributed by atoms with van der Waals surface area (Å²) in [4.78, 5) is 3.97. The predicted octanol–water partition coefficient (Wildman–Crippen LogP) is 5.45. The van der Waals surface area contributed by atoms with Crippen LogP contribution in [0.15, 0.2) is 33.3 Å². The number of hydrogen-bond donors (Lipinski definition) is 1. The van der Waals surface area contributed by atoms with E-state index in [-0.39, 0.29) is 5.82 Å². The summed E-state index contributed by atoms with van der Waals surface area (Å²) in [5.41, 5.74) is 1.61. The van der Waals surface area contributed by atoms with Crippen LogP contribution in [0.3, 0.4) is 0 Å². The molecule has 1 aromatic carbocycles. The van der Waals surface area contributed by atoms with Crippen molar-refractivity contribution in [2.75, 3.05) is 5.32 Å². The number of rotatable bonds is 2. The lowest BCUT2D eigenvalue weighted by molar-refractivity contribution is 0.625. The number of aryl methyl sites for hydroxylation is 1. The van der Waals surface area contributed by atoms with Crippen LogP contribution in [0, 0.1) is 12.7 Å². The van der Waals surface area contributed by atoms with E-state index in [4.69, 9.17) is 11.6 Å². The highest BCUT2D eigenvalue weighted by Gasteiger charge is 2.09. The molecule has 2 nitrogen and oxygen atoms in total. The summed E-state index contributed by atoms with van der Waals surface area (Å²) in [5.74, 6) is -0.285. The molecule has 0 aliphatic carbocycles. The number of pyridine rings is 1. The van der Waals surface area contributed by atoms with Crippen molar-refractivity contribution in [3.05, 3.63) is 49.7 Å². The van der Waals surface area contributed by atoms with E-state index < -0.39 is 5.82 Å². The average molecular weight is 394 g/mol. The molecular weight excluding hydrogens is 386 g/mol. The Hall–Kier alpha value is -0.650. The van der Waals surface area contributed by atoms with Crippen molar-refractivity contribution in [1.29, 1.82) is 0 Å². The lowest BCUT2D eigenvalue weighted by Gasteiger charge is -2.10. The molecular formula is C12H8Br2ClFN2. The first-order chi connectivity index (χ1) is 8.47. The van der Waals surface area contributed by atoms with E-state index in [1.54, 1.807) is 6.07 Å². The Labute approximate surface area is 126 Å². The molecule has 2 rings (SSSR count). The summed E-state index contributed by atoms with van der Waals surface area (Å²) in [7, 11) is 0. The van der Waals surface area contributed by atoms with Gasteiger partial charge in [0.1, 0.15) is 0 Å². The predicted molar refractivity (Wildman–Crippen MR) is 79.1 cm³/mol. The van der Waals surface area contributed by atoms with Crippen LogP contribution in [0.1, 0.15) is 5.56 Å². The fraction of sp³-hybridized carbons (Fsp3) is 0.0833. The zero-order chi connectivity index (χ0) is 13.3. The van der Waals surface area contributed by atoms with Crippen LogP contribution in [0.25, 0.3) is 0 Å². The van der Waals surface area contributed by atoms with Crippen molar-refractivity contribution >= 4 is 55.0 Å². The molecule has 1 heterocycles. The van der Waals surface area contributed by atoms with E-state index in [9.17, 15) is 4.39 Å². The zero-order valence-corrected chi connectivity index (χ0v) is 13.2. The van der Waals surface area contributed by atoms with Gasteiger partial charge in [-0.05, 0) is 62.5 Å². The average Bonchev–Trinajstić information content (AvgIpc) is 2.29. The summed E-state index contributed by atoms with van der Waals surface area (Å²) in [5, 5.41) is 3.51. The smallest absolute Gasteiger partial charge is 0.166 e. The van der Waals surface area contributed by atoms with Crippen LogP contribution in [0.4, 0.5) is 15.9 Å². The van der Waals surface area contributed by atoms with E-state index in [0.29, 0.717) is 15.2 Å². The Bertz CT molecular complexity index is 605. The molecule has 0 aliphatic heterocycles. The van der Waals surface area contributed by atoms with Crippen LogP contribution in [0.5, 0.6) is 0 Å². The third kappa shape index (κ3) is 3.02. The Morgan fingerprint density at radius 1 is 1.28 bits per heavy atom. The third-order valence-electron chi connectivity index (χ3n) is 2.31. The van der Waals surface area contributed by atoms with E-state index >= 15 is 0 Å². The van der Waals surface area contributed by atoms with Crippen molar-refractivity contribution in [3.63, 3.8) is 0 Å². The summed E-state index contributed by atoms with van der Waals surface area (Å²) >= 11 is 12.6. The monoisotopic (exact) mass is 392 g/mol. The normalized spacial score (nSPS) is 10.5. The van der Waals surface area contributed by atoms with Gasteiger partial charge in [-0.1, -0.05) is 11.6 Å². The van der Waals surface area contributed by atoms with E-state index in [1.165, 1.54) is 12.3 Å². The van der Waals surface area contributed by atoms with Crippen molar-refractivity contribution in [2.45, 2.75) is 6.92 Å². The number of aromatic nitrogens is 1. The van der Waals surface area contributed by atoms with Crippen LogP contribution in [-0.2, 0) is 0 Å². The molecule has 18 heavy (non-hydrogen) atoms. The number of anilines is 2. The van der Waals surface area contributed by atoms with Crippen LogP contribution in [0.2, 0.25) is 5.02 Å². The number of halogens is 4. The summed E-state index contributed by atoms with van der Waals surface area (Å²) in [6.07, 6.45) is 1.52. The first kappa shape index (κ1) is 13.8. The van der Waals surface area contributed by atoms with Gasteiger partial charge in [0.25, 0.3) is 0 Å².